The normalized spacial score (nSPS) is 12.3. The summed E-state index contributed by atoms with van der Waals surface area (Å²) < 4.78 is 0. The monoisotopic (exact) mass is 266 g/mol. The van der Waals surface area contributed by atoms with Crippen molar-refractivity contribution < 1.29 is 19.8 Å². The summed E-state index contributed by atoms with van der Waals surface area (Å²) in [5, 5.41) is 17.6. The van der Waals surface area contributed by atoms with Gasteiger partial charge in [-0.1, -0.05) is 6.07 Å². The van der Waals surface area contributed by atoms with Gasteiger partial charge >= 0.3 is 11.9 Å². The number of nitrogens with zero attached hydrogens (tertiary/aromatic N) is 2. The number of hydrogen-bond donors (Lipinski definition) is 2. The van der Waals surface area contributed by atoms with Crippen molar-refractivity contribution in [1.29, 1.82) is 0 Å². The molecule has 1 unspecified atom stereocenters. The fourth-order valence-corrected chi connectivity index (χ4v) is 1.77. The summed E-state index contributed by atoms with van der Waals surface area (Å²) in [5.41, 5.74) is 1.07. The van der Waals surface area contributed by atoms with Crippen LogP contribution in [0.2, 0.25) is 0 Å². The van der Waals surface area contributed by atoms with E-state index in [1.54, 1.807) is 19.4 Å². The van der Waals surface area contributed by atoms with Crippen LogP contribution in [-0.4, -0.2) is 52.2 Å². The Bertz CT molecular complexity index is 422. The molecule has 6 nitrogen and oxygen atoms in total. The minimum absolute atomic E-state index is 0.224. The average Bonchev–Trinajstić information content (AvgIpc) is 2.36. The maximum absolute atomic E-state index is 10.9. The number of likely N-dealkylation sites (N-methyl/N-ethyl adjacent to an activating group) is 1. The molecule has 1 atom stereocenters. The predicted octanol–water partition coefficient (Wildman–Crippen LogP) is 0.731. The Labute approximate surface area is 111 Å². The molecule has 2 N–H and O–H groups in total. The molecule has 1 aromatic rings. The first kappa shape index (κ1) is 15.1. The second kappa shape index (κ2) is 7.48. The molecule has 1 rings (SSSR count). The topological polar surface area (TPSA) is 90.7 Å². The van der Waals surface area contributed by atoms with Gasteiger partial charge in [-0.15, -0.1) is 0 Å². The molecule has 0 saturated carbocycles. The van der Waals surface area contributed by atoms with Gasteiger partial charge in [-0.2, -0.15) is 0 Å². The largest absolute Gasteiger partial charge is 0.481 e. The van der Waals surface area contributed by atoms with Crippen molar-refractivity contribution in [2.75, 3.05) is 20.1 Å². The molecule has 0 aliphatic heterocycles. The Hall–Kier alpha value is -1.95. The standard InChI is InChI=1S/C13H18N2O4/c1-15(6-4-10-3-2-5-14-8-10)9-11(13(18)19)7-12(16)17/h2-3,5,8,11H,4,6-7,9H2,1H3,(H,16,17)(H,18,19). The van der Waals surface area contributed by atoms with Gasteiger partial charge in [0.05, 0.1) is 12.3 Å². The van der Waals surface area contributed by atoms with E-state index in [1.807, 2.05) is 17.0 Å². The molecular formula is C13H18N2O4. The third-order valence-corrected chi connectivity index (χ3v) is 2.81. The van der Waals surface area contributed by atoms with Gasteiger partial charge in [-0.25, -0.2) is 0 Å². The summed E-state index contributed by atoms with van der Waals surface area (Å²) in [6.07, 6.45) is 3.86. The van der Waals surface area contributed by atoms with Crippen LogP contribution in [0, 0.1) is 5.92 Å². The van der Waals surface area contributed by atoms with Gasteiger partial charge in [-0.3, -0.25) is 14.6 Å². The molecule has 0 aliphatic rings. The molecule has 6 heteroatoms. The highest BCUT2D eigenvalue weighted by molar-refractivity contribution is 5.77. The quantitative estimate of drug-likeness (QED) is 0.721. The smallest absolute Gasteiger partial charge is 0.308 e. The van der Waals surface area contributed by atoms with E-state index in [0.29, 0.717) is 6.54 Å². The number of hydrogen-bond acceptors (Lipinski definition) is 4. The number of carbonyl (C=O) groups is 2. The summed E-state index contributed by atoms with van der Waals surface area (Å²) in [4.78, 5) is 27.4. The molecular weight excluding hydrogens is 248 g/mol. The van der Waals surface area contributed by atoms with Gasteiger partial charge < -0.3 is 15.1 Å². The molecule has 0 spiro atoms. The van der Waals surface area contributed by atoms with Crippen LogP contribution in [-0.2, 0) is 16.0 Å². The van der Waals surface area contributed by atoms with Crippen LogP contribution in [0.4, 0.5) is 0 Å². The Morgan fingerprint density at radius 3 is 2.68 bits per heavy atom. The van der Waals surface area contributed by atoms with Crippen LogP contribution < -0.4 is 0 Å². The zero-order valence-corrected chi connectivity index (χ0v) is 10.8. The van der Waals surface area contributed by atoms with Crippen molar-refractivity contribution in [3.8, 4) is 0 Å². The first-order valence-corrected chi connectivity index (χ1v) is 6.01. The van der Waals surface area contributed by atoms with E-state index >= 15 is 0 Å². The SMILES string of the molecule is CN(CCc1cccnc1)CC(CC(=O)O)C(=O)O. The Balaban J connectivity index is 2.42. The molecule has 0 aliphatic carbocycles. The maximum Gasteiger partial charge on any atom is 0.308 e. The van der Waals surface area contributed by atoms with Gasteiger partial charge in [0, 0.05) is 25.5 Å². The van der Waals surface area contributed by atoms with Crippen molar-refractivity contribution in [3.63, 3.8) is 0 Å². The molecule has 0 saturated heterocycles. The first-order valence-electron chi connectivity index (χ1n) is 6.01. The molecule has 0 fully saturated rings. The summed E-state index contributed by atoms with van der Waals surface area (Å²) in [7, 11) is 1.79. The zero-order chi connectivity index (χ0) is 14.3. The highest BCUT2D eigenvalue weighted by atomic mass is 16.4. The molecule has 0 aromatic carbocycles. The van der Waals surface area contributed by atoms with Gasteiger partial charge in [0.25, 0.3) is 0 Å². The number of carboxylic acids is 2. The molecule has 104 valence electrons. The van der Waals surface area contributed by atoms with Crippen LogP contribution in [0.5, 0.6) is 0 Å². The van der Waals surface area contributed by atoms with E-state index in [2.05, 4.69) is 4.98 Å². The second-order valence-electron chi connectivity index (χ2n) is 4.51. The van der Waals surface area contributed by atoms with Crippen LogP contribution in [0.25, 0.3) is 0 Å². The highest BCUT2D eigenvalue weighted by Crippen LogP contribution is 2.07. The van der Waals surface area contributed by atoms with Crippen molar-refractivity contribution in [2.45, 2.75) is 12.8 Å². The minimum atomic E-state index is -1.09. The van der Waals surface area contributed by atoms with E-state index < -0.39 is 17.9 Å². The van der Waals surface area contributed by atoms with Crippen molar-refractivity contribution in [1.82, 2.24) is 9.88 Å². The third-order valence-electron chi connectivity index (χ3n) is 2.81. The summed E-state index contributed by atoms with van der Waals surface area (Å²) >= 11 is 0. The van der Waals surface area contributed by atoms with Gasteiger partial charge in [0.1, 0.15) is 0 Å². The molecule has 0 amide bonds. The van der Waals surface area contributed by atoms with E-state index in [9.17, 15) is 9.59 Å². The minimum Gasteiger partial charge on any atom is -0.481 e. The summed E-state index contributed by atoms with van der Waals surface area (Å²) in [5.74, 6) is -3.04. The van der Waals surface area contributed by atoms with Crippen molar-refractivity contribution in [3.05, 3.63) is 30.1 Å². The lowest BCUT2D eigenvalue weighted by Crippen LogP contribution is -2.33. The lowest BCUT2D eigenvalue weighted by molar-refractivity contribution is -0.148. The Kier molecular flexibility index (Phi) is 5.95. The van der Waals surface area contributed by atoms with Crippen LogP contribution in [0.1, 0.15) is 12.0 Å². The van der Waals surface area contributed by atoms with Crippen molar-refractivity contribution >= 4 is 11.9 Å². The number of aromatic nitrogens is 1. The molecule has 1 heterocycles. The molecule has 0 radical (unpaired) electrons. The van der Waals surface area contributed by atoms with Crippen LogP contribution in [0.3, 0.4) is 0 Å². The number of rotatable bonds is 8. The fourth-order valence-electron chi connectivity index (χ4n) is 1.77. The highest BCUT2D eigenvalue weighted by Gasteiger charge is 2.22. The molecule has 0 bridgehead atoms. The van der Waals surface area contributed by atoms with E-state index in [4.69, 9.17) is 10.2 Å². The Morgan fingerprint density at radius 1 is 1.42 bits per heavy atom. The van der Waals surface area contributed by atoms with Gasteiger partial charge in [0.2, 0.25) is 0 Å². The summed E-state index contributed by atoms with van der Waals surface area (Å²) in [6.45, 7) is 0.886. The number of carboxylic acid groups (broad SMARTS) is 2. The number of aliphatic carboxylic acids is 2. The van der Waals surface area contributed by atoms with Crippen LogP contribution >= 0.6 is 0 Å². The van der Waals surface area contributed by atoms with Gasteiger partial charge in [-0.05, 0) is 25.1 Å². The lowest BCUT2D eigenvalue weighted by Gasteiger charge is -2.20. The second-order valence-corrected chi connectivity index (χ2v) is 4.51. The average molecular weight is 266 g/mol. The summed E-state index contributed by atoms with van der Waals surface area (Å²) in [6, 6.07) is 3.80. The lowest BCUT2D eigenvalue weighted by atomic mass is 10.1. The van der Waals surface area contributed by atoms with Gasteiger partial charge in [0.15, 0.2) is 0 Å². The molecule has 1 aromatic heterocycles. The first-order chi connectivity index (χ1) is 8.99. The molecule has 19 heavy (non-hydrogen) atoms. The van der Waals surface area contributed by atoms with E-state index in [-0.39, 0.29) is 13.0 Å². The van der Waals surface area contributed by atoms with Crippen molar-refractivity contribution in [2.24, 2.45) is 5.92 Å². The van der Waals surface area contributed by atoms with E-state index in [0.717, 1.165) is 12.0 Å². The van der Waals surface area contributed by atoms with E-state index in [1.165, 1.54) is 0 Å². The number of pyridine rings is 1. The third kappa shape index (κ3) is 5.96. The predicted molar refractivity (Wildman–Crippen MR) is 68.8 cm³/mol. The maximum atomic E-state index is 10.9. The van der Waals surface area contributed by atoms with Crippen LogP contribution in [0.15, 0.2) is 24.5 Å². The zero-order valence-electron chi connectivity index (χ0n) is 10.8. The Morgan fingerprint density at radius 2 is 2.16 bits per heavy atom. The fraction of sp³-hybridized carbons (Fsp3) is 0.462.